The zero-order valence-electron chi connectivity index (χ0n) is 7.26. The quantitative estimate of drug-likeness (QED) is 0.757. The predicted molar refractivity (Wildman–Crippen MR) is 56.8 cm³/mol. The van der Waals surface area contributed by atoms with Crippen molar-refractivity contribution in [3.63, 3.8) is 0 Å². The van der Waals surface area contributed by atoms with Crippen LogP contribution in [0.4, 0.5) is 0 Å². The lowest BCUT2D eigenvalue weighted by Gasteiger charge is -1.93. The van der Waals surface area contributed by atoms with Crippen molar-refractivity contribution < 1.29 is 0 Å². The van der Waals surface area contributed by atoms with Gasteiger partial charge in [-0.3, -0.25) is 0 Å². The van der Waals surface area contributed by atoms with Crippen LogP contribution in [0, 0.1) is 0 Å². The maximum absolute atomic E-state index is 5.56. The van der Waals surface area contributed by atoms with Gasteiger partial charge in [0.05, 0.1) is 15.6 Å². The maximum atomic E-state index is 5.56. The number of nitrogens with zero attached hydrogens (tertiary/aromatic N) is 1. The molecular weight excluding hydrogens is 188 g/mol. The molecule has 0 aliphatic rings. The summed E-state index contributed by atoms with van der Waals surface area (Å²) >= 11 is 6.54. The third kappa shape index (κ3) is 1.81. The second-order valence-electron chi connectivity index (χ2n) is 2.45. The molecule has 0 saturated heterocycles. The minimum atomic E-state index is 0.476. The fraction of sp³-hybridized carbons (Fsp3) is 0.500. The average Bonchev–Trinajstić information content (AvgIpc) is 2.47. The summed E-state index contributed by atoms with van der Waals surface area (Å²) in [6.45, 7) is 4.15. The first-order valence-electron chi connectivity index (χ1n) is 3.97. The molecule has 0 unspecified atom stereocenters. The van der Waals surface area contributed by atoms with Crippen molar-refractivity contribution in [1.82, 2.24) is 4.98 Å². The van der Waals surface area contributed by atoms with Gasteiger partial charge in [0.1, 0.15) is 4.99 Å². The van der Waals surface area contributed by atoms with Gasteiger partial charge in [-0.2, -0.15) is 0 Å². The van der Waals surface area contributed by atoms with Gasteiger partial charge in [-0.25, -0.2) is 4.98 Å². The van der Waals surface area contributed by atoms with E-state index in [1.165, 1.54) is 0 Å². The Kier molecular flexibility index (Phi) is 3.17. The Bertz CT molecular complexity index is 291. The van der Waals surface area contributed by atoms with Crippen LogP contribution in [-0.2, 0) is 12.8 Å². The monoisotopic (exact) mass is 200 g/mol. The summed E-state index contributed by atoms with van der Waals surface area (Å²) in [6.07, 6.45) is 1.86. The number of thiocarbonyl (C=S) groups is 1. The Morgan fingerprint density at radius 1 is 1.50 bits per heavy atom. The van der Waals surface area contributed by atoms with E-state index < -0.39 is 0 Å². The van der Waals surface area contributed by atoms with Crippen molar-refractivity contribution in [2.45, 2.75) is 26.7 Å². The number of thiazole rings is 1. The van der Waals surface area contributed by atoms with Crippen LogP contribution in [0.15, 0.2) is 0 Å². The highest BCUT2D eigenvalue weighted by Crippen LogP contribution is 2.19. The topological polar surface area (TPSA) is 38.9 Å². The molecule has 4 heteroatoms. The van der Waals surface area contributed by atoms with Crippen LogP contribution >= 0.6 is 23.6 Å². The van der Waals surface area contributed by atoms with E-state index in [0.29, 0.717) is 4.99 Å². The number of rotatable bonds is 3. The van der Waals surface area contributed by atoms with Crippen molar-refractivity contribution >= 4 is 28.5 Å². The molecular formula is C8H12N2S2. The Morgan fingerprint density at radius 2 is 2.17 bits per heavy atom. The first kappa shape index (κ1) is 9.61. The Labute approximate surface area is 81.8 Å². The van der Waals surface area contributed by atoms with E-state index in [4.69, 9.17) is 18.0 Å². The smallest absolute Gasteiger partial charge is 0.116 e. The molecule has 0 atom stereocenters. The van der Waals surface area contributed by atoms with Gasteiger partial charge >= 0.3 is 0 Å². The molecule has 0 bridgehead atoms. The number of hydrogen-bond acceptors (Lipinski definition) is 3. The molecule has 0 amide bonds. The molecule has 0 aromatic carbocycles. The minimum Gasteiger partial charge on any atom is -0.389 e. The van der Waals surface area contributed by atoms with Crippen LogP contribution in [0.25, 0.3) is 0 Å². The fourth-order valence-corrected chi connectivity index (χ4v) is 2.17. The number of aromatic nitrogens is 1. The van der Waals surface area contributed by atoms with Crippen LogP contribution in [0.5, 0.6) is 0 Å². The highest BCUT2D eigenvalue weighted by molar-refractivity contribution is 7.81. The molecule has 0 aliphatic carbocycles. The van der Waals surface area contributed by atoms with E-state index >= 15 is 0 Å². The van der Waals surface area contributed by atoms with Gasteiger partial charge in [-0.05, 0) is 12.8 Å². The highest BCUT2D eigenvalue weighted by atomic mass is 32.1. The normalized spacial score (nSPS) is 10.2. The zero-order valence-corrected chi connectivity index (χ0v) is 8.89. The fourth-order valence-electron chi connectivity index (χ4n) is 0.984. The molecule has 12 heavy (non-hydrogen) atoms. The SMILES string of the molecule is CCc1nc(CC)c(C(N)=S)s1. The summed E-state index contributed by atoms with van der Waals surface area (Å²) < 4.78 is 0. The Balaban J connectivity index is 3.08. The van der Waals surface area contributed by atoms with E-state index in [1.54, 1.807) is 11.3 Å². The first-order valence-corrected chi connectivity index (χ1v) is 5.19. The van der Waals surface area contributed by atoms with Crippen LogP contribution in [0.3, 0.4) is 0 Å². The van der Waals surface area contributed by atoms with Gasteiger partial charge < -0.3 is 5.73 Å². The molecule has 0 saturated carbocycles. The summed E-state index contributed by atoms with van der Waals surface area (Å²) in [4.78, 5) is 5.89. The van der Waals surface area contributed by atoms with Gasteiger partial charge in [0.25, 0.3) is 0 Å². The first-order chi connectivity index (χ1) is 5.69. The molecule has 1 rings (SSSR count). The lowest BCUT2D eigenvalue weighted by molar-refractivity contribution is 1.00. The van der Waals surface area contributed by atoms with Crippen LogP contribution in [0.2, 0.25) is 0 Å². The standard InChI is InChI=1S/C8H12N2S2/c1-3-5-7(8(9)11)12-6(4-2)10-5/h3-4H2,1-2H3,(H2,9,11). The van der Waals surface area contributed by atoms with Crippen LogP contribution in [0.1, 0.15) is 29.4 Å². The molecule has 1 heterocycles. The third-order valence-electron chi connectivity index (χ3n) is 1.60. The van der Waals surface area contributed by atoms with Gasteiger partial charge in [-0.15, -0.1) is 11.3 Å². The summed E-state index contributed by atoms with van der Waals surface area (Å²) in [5.41, 5.74) is 6.61. The maximum Gasteiger partial charge on any atom is 0.116 e. The van der Waals surface area contributed by atoms with Gasteiger partial charge in [0.2, 0.25) is 0 Å². The van der Waals surface area contributed by atoms with Gasteiger partial charge in [0, 0.05) is 0 Å². The second kappa shape index (κ2) is 3.96. The summed E-state index contributed by atoms with van der Waals surface area (Å²) in [6, 6.07) is 0. The van der Waals surface area contributed by atoms with Crippen LogP contribution in [-0.4, -0.2) is 9.97 Å². The number of aryl methyl sites for hydroxylation is 2. The largest absolute Gasteiger partial charge is 0.389 e. The predicted octanol–water partition coefficient (Wildman–Crippen LogP) is 1.90. The van der Waals surface area contributed by atoms with Crippen molar-refractivity contribution in [3.05, 3.63) is 15.6 Å². The van der Waals surface area contributed by atoms with E-state index in [0.717, 1.165) is 28.4 Å². The summed E-state index contributed by atoms with van der Waals surface area (Å²) in [5.74, 6) is 0. The molecule has 0 fully saturated rings. The minimum absolute atomic E-state index is 0.476. The van der Waals surface area contributed by atoms with Gasteiger partial charge in [-0.1, -0.05) is 26.1 Å². The average molecular weight is 200 g/mol. The second-order valence-corrected chi connectivity index (χ2v) is 3.98. The van der Waals surface area contributed by atoms with E-state index in [2.05, 4.69) is 18.8 Å². The highest BCUT2D eigenvalue weighted by Gasteiger charge is 2.09. The van der Waals surface area contributed by atoms with Crippen molar-refractivity contribution in [3.8, 4) is 0 Å². The molecule has 0 radical (unpaired) electrons. The number of hydrogen-bond donors (Lipinski definition) is 1. The number of nitrogens with two attached hydrogens (primary N) is 1. The molecule has 0 aliphatic heterocycles. The van der Waals surface area contributed by atoms with Crippen molar-refractivity contribution in [1.29, 1.82) is 0 Å². The lowest BCUT2D eigenvalue weighted by Crippen LogP contribution is -2.09. The zero-order chi connectivity index (χ0) is 9.14. The lowest BCUT2D eigenvalue weighted by atomic mass is 10.3. The Morgan fingerprint density at radius 3 is 2.50 bits per heavy atom. The van der Waals surface area contributed by atoms with Crippen molar-refractivity contribution in [2.75, 3.05) is 0 Å². The molecule has 2 N–H and O–H groups in total. The van der Waals surface area contributed by atoms with E-state index in [1.807, 2.05) is 0 Å². The van der Waals surface area contributed by atoms with E-state index in [-0.39, 0.29) is 0 Å². The third-order valence-corrected chi connectivity index (χ3v) is 3.21. The Hall–Kier alpha value is -0.480. The molecule has 1 aromatic heterocycles. The van der Waals surface area contributed by atoms with Crippen LogP contribution < -0.4 is 5.73 Å². The van der Waals surface area contributed by atoms with E-state index in [9.17, 15) is 0 Å². The molecule has 66 valence electrons. The summed E-state index contributed by atoms with van der Waals surface area (Å²) in [7, 11) is 0. The summed E-state index contributed by atoms with van der Waals surface area (Å²) in [5, 5.41) is 1.12. The van der Waals surface area contributed by atoms with Gasteiger partial charge in [0.15, 0.2) is 0 Å². The molecule has 0 spiro atoms. The van der Waals surface area contributed by atoms with Crippen molar-refractivity contribution in [2.24, 2.45) is 5.73 Å². The molecule has 1 aromatic rings. The molecule has 2 nitrogen and oxygen atoms in total.